The van der Waals surface area contributed by atoms with E-state index in [1.54, 1.807) is 26.1 Å². The summed E-state index contributed by atoms with van der Waals surface area (Å²) in [5.74, 6) is -1.83. The number of rotatable bonds is 3. The lowest BCUT2D eigenvalue weighted by Gasteiger charge is -2.15. The largest absolute Gasteiger partial charge is 0.464 e. The van der Waals surface area contributed by atoms with Crippen molar-refractivity contribution in [1.82, 2.24) is 5.32 Å². The van der Waals surface area contributed by atoms with E-state index in [1.165, 1.54) is 0 Å². The fourth-order valence-corrected chi connectivity index (χ4v) is 1.87. The van der Waals surface area contributed by atoms with Crippen LogP contribution in [-0.4, -0.2) is 7.05 Å². The molecule has 1 unspecified atom stereocenters. The first kappa shape index (κ1) is 12.7. The molecule has 1 N–H and O–H groups in total. The topological polar surface area (TPSA) is 25.2 Å². The summed E-state index contributed by atoms with van der Waals surface area (Å²) in [6, 6.07) is 3.83. The minimum atomic E-state index is -0.945. The third kappa shape index (κ3) is 2.26. The summed E-state index contributed by atoms with van der Waals surface area (Å²) in [6.45, 7) is 1.73. The van der Waals surface area contributed by atoms with E-state index in [0.29, 0.717) is 23.7 Å². The van der Waals surface area contributed by atoms with Crippen LogP contribution in [0, 0.1) is 24.4 Å². The number of hydrogen-bond donors (Lipinski definition) is 1. The van der Waals surface area contributed by atoms with Crippen LogP contribution in [-0.2, 0) is 0 Å². The van der Waals surface area contributed by atoms with Crippen LogP contribution in [0.5, 0.6) is 0 Å². The number of nitrogens with one attached hydrogen (secondary N) is 1. The van der Waals surface area contributed by atoms with Crippen LogP contribution in [0.1, 0.15) is 23.1 Å². The number of benzene rings is 1. The number of aryl methyl sites for hydroxylation is 1. The summed E-state index contributed by atoms with van der Waals surface area (Å²) >= 11 is 0. The molecular formula is C13H12F3NO. The second kappa shape index (κ2) is 4.86. The first-order chi connectivity index (χ1) is 8.52. The van der Waals surface area contributed by atoms with Gasteiger partial charge in [-0.3, -0.25) is 0 Å². The average molecular weight is 255 g/mol. The Morgan fingerprint density at radius 2 is 1.72 bits per heavy atom. The fraction of sp³-hybridized carbons (Fsp3) is 0.231. The smallest absolute Gasteiger partial charge is 0.134 e. The maximum Gasteiger partial charge on any atom is 0.134 e. The van der Waals surface area contributed by atoms with Gasteiger partial charge < -0.3 is 9.73 Å². The molecule has 1 heterocycles. The molecule has 2 rings (SSSR count). The van der Waals surface area contributed by atoms with Crippen LogP contribution < -0.4 is 5.32 Å². The van der Waals surface area contributed by atoms with Crippen molar-refractivity contribution in [3.63, 3.8) is 0 Å². The normalized spacial score (nSPS) is 12.7. The number of halogens is 3. The van der Waals surface area contributed by atoms with Gasteiger partial charge in [-0.2, -0.15) is 0 Å². The predicted octanol–water partition coefficient (Wildman–Crippen LogP) is 3.31. The number of hydrogen-bond acceptors (Lipinski definition) is 2. The molecule has 0 spiro atoms. The van der Waals surface area contributed by atoms with Crippen LogP contribution in [0.2, 0.25) is 0 Å². The van der Waals surface area contributed by atoms with Crippen LogP contribution in [0.25, 0.3) is 0 Å². The lowest BCUT2D eigenvalue weighted by Crippen LogP contribution is -2.20. The zero-order valence-electron chi connectivity index (χ0n) is 9.93. The summed E-state index contributed by atoms with van der Waals surface area (Å²) < 4.78 is 45.6. The lowest BCUT2D eigenvalue weighted by atomic mass is 10.0. The third-order valence-corrected chi connectivity index (χ3v) is 2.67. The molecule has 2 aromatic rings. The molecule has 0 saturated carbocycles. The van der Waals surface area contributed by atoms with Crippen molar-refractivity contribution >= 4 is 0 Å². The molecule has 0 aliphatic rings. The Bertz CT molecular complexity index is 542. The lowest BCUT2D eigenvalue weighted by molar-refractivity contribution is 0.421. The van der Waals surface area contributed by atoms with Gasteiger partial charge in [0, 0.05) is 17.7 Å². The molecule has 1 aromatic carbocycles. The van der Waals surface area contributed by atoms with Crippen molar-refractivity contribution in [2.75, 3.05) is 7.05 Å². The van der Waals surface area contributed by atoms with Crippen molar-refractivity contribution in [1.29, 1.82) is 0 Å². The summed E-state index contributed by atoms with van der Waals surface area (Å²) in [6.07, 6.45) is 0. The standard InChI is InChI=1S/C13H12F3NO/c1-7-3-4-11(18-7)13(17-2)12-9(15)5-8(14)6-10(12)16/h3-6,13,17H,1-2H3. The minimum absolute atomic E-state index is 0.256. The predicted molar refractivity (Wildman–Crippen MR) is 60.7 cm³/mol. The Kier molecular flexibility index (Phi) is 3.43. The van der Waals surface area contributed by atoms with Crippen molar-refractivity contribution in [2.45, 2.75) is 13.0 Å². The maximum atomic E-state index is 13.7. The quantitative estimate of drug-likeness (QED) is 0.910. The Morgan fingerprint density at radius 1 is 1.11 bits per heavy atom. The van der Waals surface area contributed by atoms with E-state index in [2.05, 4.69) is 5.32 Å². The van der Waals surface area contributed by atoms with Gasteiger partial charge in [-0.05, 0) is 26.1 Å². The van der Waals surface area contributed by atoms with Gasteiger partial charge in [-0.15, -0.1) is 0 Å². The molecule has 0 bridgehead atoms. The highest BCUT2D eigenvalue weighted by Gasteiger charge is 2.24. The zero-order valence-corrected chi connectivity index (χ0v) is 9.93. The summed E-state index contributed by atoms with van der Waals surface area (Å²) in [7, 11) is 1.55. The highest BCUT2D eigenvalue weighted by atomic mass is 19.1. The van der Waals surface area contributed by atoms with E-state index in [1.807, 2.05) is 0 Å². The van der Waals surface area contributed by atoms with E-state index in [4.69, 9.17) is 4.42 Å². The van der Waals surface area contributed by atoms with Gasteiger partial charge in [-0.25, -0.2) is 13.2 Å². The van der Waals surface area contributed by atoms with Crippen LogP contribution in [0.3, 0.4) is 0 Å². The molecular weight excluding hydrogens is 243 g/mol. The summed E-state index contributed by atoms with van der Waals surface area (Å²) in [5, 5.41) is 2.75. The van der Waals surface area contributed by atoms with E-state index < -0.39 is 23.5 Å². The zero-order chi connectivity index (χ0) is 13.3. The maximum absolute atomic E-state index is 13.7. The SMILES string of the molecule is CNC(c1ccc(C)o1)c1c(F)cc(F)cc1F. The average Bonchev–Trinajstić information content (AvgIpc) is 2.69. The van der Waals surface area contributed by atoms with Crippen molar-refractivity contribution < 1.29 is 17.6 Å². The van der Waals surface area contributed by atoms with E-state index in [9.17, 15) is 13.2 Å². The van der Waals surface area contributed by atoms with Gasteiger partial charge in [0.05, 0.1) is 6.04 Å². The Morgan fingerprint density at radius 3 is 2.17 bits per heavy atom. The molecule has 96 valence electrons. The molecule has 0 amide bonds. The van der Waals surface area contributed by atoms with Gasteiger partial charge in [-0.1, -0.05) is 0 Å². The first-order valence-electron chi connectivity index (χ1n) is 5.41. The van der Waals surface area contributed by atoms with Gasteiger partial charge in [0.25, 0.3) is 0 Å². The molecule has 0 fully saturated rings. The van der Waals surface area contributed by atoms with Gasteiger partial charge in [0.2, 0.25) is 0 Å². The minimum Gasteiger partial charge on any atom is -0.464 e. The monoisotopic (exact) mass is 255 g/mol. The second-order valence-corrected chi connectivity index (χ2v) is 3.95. The molecule has 18 heavy (non-hydrogen) atoms. The molecule has 0 radical (unpaired) electrons. The van der Waals surface area contributed by atoms with Crippen molar-refractivity contribution in [3.05, 3.63) is 58.8 Å². The molecule has 2 nitrogen and oxygen atoms in total. The van der Waals surface area contributed by atoms with Gasteiger partial charge in [0.15, 0.2) is 0 Å². The van der Waals surface area contributed by atoms with E-state index in [-0.39, 0.29) is 5.56 Å². The Balaban J connectivity index is 2.51. The molecule has 0 aliphatic carbocycles. The van der Waals surface area contributed by atoms with Gasteiger partial charge in [0.1, 0.15) is 29.0 Å². The molecule has 0 aliphatic heterocycles. The summed E-state index contributed by atoms with van der Waals surface area (Å²) in [4.78, 5) is 0. The molecule has 1 aromatic heterocycles. The Hall–Kier alpha value is -1.75. The molecule has 1 atom stereocenters. The van der Waals surface area contributed by atoms with E-state index in [0.717, 1.165) is 0 Å². The summed E-state index contributed by atoms with van der Waals surface area (Å²) in [5.41, 5.74) is -0.256. The first-order valence-corrected chi connectivity index (χ1v) is 5.41. The van der Waals surface area contributed by atoms with Crippen molar-refractivity contribution in [3.8, 4) is 0 Å². The van der Waals surface area contributed by atoms with Crippen molar-refractivity contribution in [2.24, 2.45) is 0 Å². The van der Waals surface area contributed by atoms with Gasteiger partial charge >= 0.3 is 0 Å². The molecule has 0 saturated heterocycles. The van der Waals surface area contributed by atoms with E-state index >= 15 is 0 Å². The van der Waals surface area contributed by atoms with Crippen LogP contribution >= 0.6 is 0 Å². The van der Waals surface area contributed by atoms with Crippen LogP contribution in [0.15, 0.2) is 28.7 Å². The Labute approximate surface area is 102 Å². The number of furan rings is 1. The highest BCUT2D eigenvalue weighted by Crippen LogP contribution is 2.28. The second-order valence-electron chi connectivity index (χ2n) is 3.95. The highest BCUT2D eigenvalue weighted by molar-refractivity contribution is 5.30. The fourth-order valence-electron chi connectivity index (χ4n) is 1.87. The van der Waals surface area contributed by atoms with Crippen LogP contribution in [0.4, 0.5) is 13.2 Å². The third-order valence-electron chi connectivity index (χ3n) is 2.67. The molecule has 5 heteroatoms.